The summed E-state index contributed by atoms with van der Waals surface area (Å²) in [5.41, 5.74) is 5.56. The van der Waals surface area contributed by atoms with E-state index in [1.807, 2.05) is 0 Å². The number of carboxylic acids is 1. The van der Waals surface area contributed by atoms with Gasteiger partial charge in [-0.25, -0.2) is 0 Å². The Morgan fingerprint density at radius 2 is 1.68 bits per heavy atom. The fourth-order valence-corrected chi connectivity index (χ4v) is 1.98. The monoisotopic (exact) mass is 344 g/mol. The summed E-state index contributed by atoms with van der Waals surface area (Å²) in [6.45, 7) is 2.61. The van der Waals surface area contributed by atoms with E-state index in [4.69, 9.17) is 10.8 Å². The van der Waals surface area contributed by atoms with Gasteiger partial charge in [0.2, 0.25) is 18.2 Å². The fourth-order valence-electron chi connectivity index (χ4n) is 1.27. The number of aliphatic carboxylic acids is 1. The number of carboxylic acid groups (broad SMARTS) is 1. The Labute approximate surface area is 151 Å². The maximum absolute atomic E-state index is 11.7. The molecule has 0 spiro atoms. The minimum Gasteiger partial charge on any atom is -0.548 e. The second-order valence-electron chi connectivity index (χ2n) is 4.52. The van der Waals surface area contributed by atoms with Crippen LogP contribution in [0.2, 0.25) is 0 Å². The molecule has 0 aromatic heterocycles. The smallest absolute Gasteiger partial charge is 0.548 e. The van der Waals surface area contributed by atoms with E-state index < -0.39 is 50.1 Å². The molecule has 0 rings (SSSR count). The van der Waals surface area contributed by atoms with Crippen LogP contribution in [0.3, 0.4) is 0 Å². The molecule has 0 aliphatic rings. The predicted molar refractivity (Wildman–Crippen MR) is 72.4 cm³/mol. The van der Waals surface area contributed by atoms with E-state index >= 15 is 0 Å². The van der Waals surface area contributed by atoms with Gasteiger partial charge in [0, 0.05) is 6.42 Å². The molecule has 0 aliphatic heterocycles. The third-order valence-electron chi connectivity index (χ3n) is 2.65. The van der Waals surface area contributed by atoms with E-state index in [9.17, 15) is 24.1 Å². The van der Waals surface area contributed by atoms with Crippen molar-refractivity contribution in [2.45, 2.75) is 38.4 Å². The Morgan fingerprint density at radius 1 is 1.18 bits per heavy atom. The average molecular weight is 344 g/mol. The number of aliphatic hydroxyl groups is 1. The zero-order valence-electron chi connectivity index (χ0n) is 12.9. The minimum absolute atomic E-state index is 0. The van der Waals surface area contributed by atoms with Crippen LogP contribution < -0.4 is 51.0 Å². The molecule has 9 nitrogen and oxygen atoms in total. The quantitative estimate of drug-likeness (QED) is 0.239. The van der Waals surface area contributed by atoms with Crippen LogP contribution >= 0.6 is 7.80 Å². The molecule has 5 N–H and O–H groups in total. The molecule has 0 aliphatic carbocycles. The maximum atomic E-state index is 11.7. The first-order chi connectivity index (χ1) is 9.68. The van der Waals surface area contributed by atoms with Crippen molar-refractivity contribution < 1.29 is 58.7 Å². The third-order valence-corrected chi connectivity index (χ3v) is 3.72. The Hall–Kier alpha value is -0.570. The second-order valence-corrected chi connectivity index (χ2v) is 6.22. The number of carbonyl (C=O) groups excluding carboxylic acids is 3. The molecule has 0 fully saturated rings. The van der Waals surface area contributed by atoms with Crippen molar-refractivity contribution in [3.63, 3.8) is 0 Å². The van der Waals surface area contributed by atoms with Crippen molar-refractivity contribution in [3.8, 4) is 0 Å². The topological polar surface area (TPSA) is 162 Å². The zero-order valence-corrected chi connectivity index (χ0v) is 15.8. The summed E-state index contributed by atoms with van der Waals surface area (Å²) in [5, 5.41) is 23.6. The van der Waals surface area contributed by atoms with E-state index in [1.165, 1.54) is 13.8 Å². The molecular weight excluding hydrogens is 324 g/mol. The number of hydrogen-bond donors (Lipinski definition) is 4. The molecular formula is C11H20N3NaO6P+. The zero-order chi connectivity index (χ0) is 16.6. The normalized spacial score (nSPS) is 14.8. The van der Waals surface area contributed by atoms with Gasteiger partial charge in [-0.3, -0.25) is 9.59 Å². The van der Waals surface area contributed by atoms with Crippen molar-refractivity contribution in [1.82, 2.24) is 10.6 Å². The first-order valence-electron chi connectivity index (χ1n) is 6.29. The Morgan fingerprint density at radius 3 is 2.14 bits per heavy atom. The standard InChI is InChI=1S/C11H20N3O6P.Na/c1-6(9(16)14-7(2)11(18)19)13-10(17)8(12)3-4-21(20)5-15;/h6-8,15H,3-5,12H2,1-2H3,(H2-,13,14,16,17,18,19);/q;+1. The molecule has 4 atom stereocenters. The van der Waals surface area contributed by atoms with Gasteiger partial charge in [0.25, 0.3) is 0 Å². The number of aliphatic hydroxyl groups excluding tert-OH is 1. The summed E-state index contributed by atoms with van der Waals surface area (Å²) in [5.74, 6) is -2.75. The van der Waals surface area contributed by atoms with Crippen LogP contribution in [0.15, 0.2) is 0 Å². The van der Waals surface area contributed by atoms with E-state index in [1.54, 1.807) is 0 Å². The van der Waals surface area contributed by atoms with E-state index in [-0.39, 0.29) is 42.1 Å². The van der Waals surface area contributed by atoms with Gasteiger partial charge in [-0.1, -0.05) is 4.57 Å². The summed E-state index contributed by atoms with van der Waals surface area (Å²) >= 11 is 0. The SMILES string of the molecule is CC(NC(=O)C(C)NC(=O)C(N)CC[P+](=O)CO)C(=O)[O-].[Na+]. The van der Waals surface area contributed by atoms with Crippen LogP contribution in [0.4, 0.5) is 0 Å². The second kappa shape index (κ2) is 11.9. The number of rotatable bonds is 9. The molecule has 120 valence electrons. The van der Waals surface area contributed by atoms with Gasteiger partial charge >= 0.3 is 37.4 Å². The summed E-state index contributed by atoms with van der Waals surface area (Å²) in [6, 6.07) is -3.12. The van der Waals surface area contributed by atoms with Gasteiger partial charge in [-0.2, -0.15) is 0 Å². The Bertz CT molecular complexity index is 423. The van der Waals surface area contributed by atoms with Gasteiger partial charge in [0.05, 0.1) is 18.1 Å². The Balaban J connectivity index is 0. The van der Waals surface area contributed by atoms with Gasteiger partial charge in [0.15, 0.2) is 6.16 Å². The molecule has 4 unspecified atom stereocenters. The maximum Gasteiger partial charge on any atom is 1.00 e. The molecule has 0 heterocycles. The van der Waals surface area contributed by atoms with Crippen molar-refractivity contribution >= 4 is 25.6 Å². The number of amides is 2. The molecule has 2 amide bonds. The van der Waals surface area contributed by atoms with Crippen molar-refractivity contribution in [2.24, 2.45) is 5.73 Å². The number of hydrogen-bond acceptors (Lipinski definition) is 7. The van der Waals surface area contributed by atoms with Crippen LogP contribution in [0.25, 0.3) is 0 Å². The summed E-state index contributed by atoms with van der Waals surface area (Å²) in [6.07, 6.45) is -0.266. The van der Waals surface area contributed by atoms with Crippen molar-refractivity contribution in [1.29, 1.82) is 0 Å². The van der Waals surface area contributed by atoms with Crippen LogP contribution in [0.1, 0.15) is 20.3 Å². The number of nitrogens with two attached hydrogens (primary N) is 1. The van der Waals surface area contributed by atoms with Crippen molar-refractivity contribution in [3.05, 3.63) is 0 Å². The van der Waals surface area contributed by atoms with Gasteiger partial charge in [0.1, 0.15) is 6.04 Å². The van der Waals surface area contributed by atoms with Crippen molar-refractivity contribution in [2.75, 3.05) is 12.5 Å². The van der Waals surface area contributed by atoms with Gasteiger partial charge in [-0.15, -0.1) is 0 Å². The van der Waals surface area contributed by atoms with Crippen LogP contribution in [-0.4, -0.2) is 53.5 Å². The molecule has 22 heavy (non-hydrogen) atoms. The third kappa shape index (κ3) is 9.45. The summed E-state index contributed by atoms with van der Waals surface area (Å²) in [4.78, 5) is 33.8. The largest absolute Gasteiger partial charge is 1.00 e. The van der Waals surface area contributed by atoms with E-state index in [2.05, 4.69) is 10.6 Å². The average Bonchev–Trinajstić information content (AvgIpc) is 2.43. The Kier molecular flexibility index (Phi) is 12.8. The van der Waals surface area contributed by atoms with Gasteiger partial charge < -0.3 is 31.4 Å². The van der Waals surface area contributed by atoms with E-state index in [0.717, 1.165) is 0 Å². The number of carbonyl (C=O) groups is 3. The van der Waals surface area contributed by atoms with E-state index in [0.29, 0.717) is 0 Å². The molecule has 0 bridgehead atoms. The molecule has 0 aromatic rings. The van der Waals surface area contributed by atoms with Gasteiger partial charge in [-0.05, 0) is 13.8 Å². The molecule has 11 heteroatoms. The van der Waals surface area contributed by atoms with Crippen LogP contribution in [-0.2, 0) is 18.9 Å². The molecule has 0 saturated heterocycles. The molecule has 0 radical (unpaired) electrons. The van der Waals surface area contributed by atoms with Crippen LogP contribution in [0.5, 0.6) is 0 Å². The fraction of sp³-hybridized carbons (Fsp3) is 0.727. The predicted octanol–water partition coefficient (Wildman–Crippen LogP) is -5.76. The summed E-state index contributed by atoms with van der Waals surface area (Å²) < 4.78 is 11.0. The molecule has 0 saturated carbocycles. The minimum atomic E-state index is -1.79. The van der Waals surface area contributed by atoms with Crippen LogP contribution in [0, 0.1) is 0 Å². The summed E-state index contributed by atoms with van der Waals surface area (Å²) in [7, 11) is -1.79. The first-order valence-corrected chi connectivity index (χ1v) is 7.92. The molecule has 0 aromatic carbocycles. The number of nitrogens with one attached hydrogen (secondary N) is 2. The first kappa shape index (κ1) is 23.7.